The second-order valence-electron chi connectivity index (χ2n) is 3.83. The SMILES string of the molecule is O=S(O)c1nccn1-c1cccc2ccccc12. The Morgan fingerprint density at radius 2 is 1.89 bits per heavy atom. The van der Waals surface area contributed by atoms with Crippen LogP contribution in [0.15, 0.2) is 60.0 Å². The number of rotatable bonds is 2. The van der Waals surface area contributed by atoms with Crippen molar-refractivity contribution < 1.29 is 8.76 Å². The van der Waals surface area contributed by atoms with Crippen LogP contribution in [0.2, 0.25) is 0 Å². The molecule has 4 nitrogen and oxygen atoms in total. The van der Waals surface area contributed by atoms with Gasteiger partial charge in [0, 0.05) is 17.8 Å². The van der Waals surface area contributed by atoms with E-state index in [1.54, 1.807) is 10.8 Å². The van der Waals surface area contributed by atoms with Crippen LogP contribution in [0.4, 0.5) is 0 Å². The number of benzene rings is 2. The lowest BCUT2D eigenvalue weighted by Crippen LogP contribution is -2.02. The molecule has 1 heterocycles. The summed E-state index contributed by atoms with van der Waals surface area (Å²) in [7, 11) is 0. The van der Waals surface area contributed by atoms with Crippen LogP contribution in [0.5, 0.6) is 0 Å². The van der Waals surface area contributed by atoms with Crippen LogP contribution in [0.1, 0.15) is 0 Å². The normalized spacial score (nSPS) is 12.7. The van der Waals surface area contributed by atoms with E-state index in [1.165, 1.54) is 6.20 Å². The molecule has 0 saturated heterocycles. The summed E-state index contributed by atoms with van der Waals surface area (Å²) in [6.07, 6.45) is 3.20. The smallest absolute Gasteiger partial charge is 0.231 e. The van der Waals surface area contributed by atoms with Gasteiger partial charge in [0.15, 0.2) is 0 Å². The van der Waals surface area contributed by atoms with Gasteiger partial charge in [0.25, 0.3) is 0 Å². The molecule has 0 bridgehead atoms. The highest BCUT2D eigenvalue weighted by Gasteiger charge is 2.11. The lowest BCUT2D eigenvalue weighted by atomic mass is 10.1. The van der Waals surface area contributed by atoms with Crippen molar-refractivity contribution in [3.05, 3.63) is 54.9 Å². The molecule has 0 aliphatic heterocycles. The maximum Gasteiger partial charge on any atom is 0.231 e. The molecule has 90 valence electrons. The van der Waals surface area contributed by atoms with E-state index in [4.69, 9.17) is 0 Å². The fraction of sp³-hybridized carbons (Fsp3) is 0. The molecule has 0 amide bonds. The van der Waals surface area contributed by atoms with Crippen molar-refractivity contribution >= 4 is 21.9 Å². The molecule has 18 heavy (non-hydrogen) atoms. The number of imidazole rings is 1. The maximum absolute atomic E-state index is 11.2. The Morgan fingerprint density at radius 1 is 1.11 bits per heavy atom. The molecule has 0 saturated carbocycles. The fourth-order valence-electron chi connectivity index (χ4n) is 2.02. The van der Waals surface area contributed by atoms with E-state index in [2.05, 4.69) is 4.98 Å². The average Bonchev–Trinajstić information content (AvgIpc) is 2.87. The molecule has 2 aromatic carbocycles. The van der Waals surface area contributed by atoms with Gasteiger partial charge in [0.05, 0.1) is 5.69 Å². The average molecular weight is 258 g/mol. The summed E-state index contributed by atoms with van der Waals surface area (Å²) in [6, 6.07) is 13.7. The third-order valence-corrected chi connectivity index (χ3v) is 3.40. The summed E-state index contributed by atoms with van der Waals surface area (Å²) < 4.78 is 22.1. The lowest BCUT2D eigenvalue weighted by molar-refractivity contribution is 0.552. The summed E-state index contributed by atoms with van der Waals surface area (Å²) >= 11 is -2.10. The van der Waals surface area contributed by atoms with Crippen molar-refractivity contribution in [2.75, 3.05) is 0 Å². The minimum Gasteiger partial charge on any atom is -0.300 e. The first-order chi connectivity index (χ1) is 8.77. The summed E-state index contributed by atoms with van der Waals surface area (Å²) in [5, 5.41) is 2.23. The van der Waals surface area contributed by atoms with Crippen molar-refractivity contribution in [3.63, 3.8) is 0 Å². The van der Waals surface area contributed by atoms with Gasteiger partial charge in [-0.25, -0.2) is 9.19 Å². The van der Waals surface area contributed by atoms with Crippen LogP contribution < -0.4 is 0 Å². The predicted octanol–water partition coefficient (Wildman–Crippen LogP) is 2.61. The van der Waals surface area contributed by atoms with E-state index in [1.807, 2.05) is 42.5 Å². The van der Waals surface area contributed by atoms with Gasteiger partial charge in [0.1, 0.15) is 0 Å². The van der Waals surface area contributed by atoms with Crippen molar-refractivity contribution in [3.8, 4) is 5.69 Å². The Morgan fingerprint density at radius 3 is 2.72 bits per heavy atom. The molecule has 5 heteroatoms. The van der Waals surface area contributed by atoms with Crippen molar-refractivity contribution in [2.24, 2.45) is 0 Å². The van der Waals surface area contributed by atoms with Gasteiger partial charge < -0.3 is 0 Å². The van der Waals surface area contributed by atoms with Gasteiger partial charge in [-0.3, -0.25) is 9.12 Å². The molecule has 0 fully saturated rings. The summed E-state index contributed by atoms with van der Waals surface area (Å²) in [5.41, 5.74) is 0.850. The Bertz CT molecular complexity index is 731. The molecule has 1 aromatic heterocycles. The van der Waals surface area contributed by atoms with Crippen LogP contribution in [0.25, 0.3) is 16.5 Å². The molecule has 0 spiro atoms. The zero-order valence-electron chi connectivity index (χ0n) is 9.35. The summed E-state index contributed by atoms with van der Waals surface area (Å²) in [5.74, 6) is 0. The summed E-state index contributed by atoms with van der Waals surface area (Å²) in [4.78, 5) is 3.91. The highest BCUT2D eigenvalue weighted by atomic mass is 32.2. The topological polar surface area (TPSA) is 55.1 Å². The van der Waals surface area contributed by atoms with E-state index < -0.39 is 11.1 Å². The monoisotopic (exact) mass is 258 g/mol. The highest BCUT2D eigenvalue weighted by Crippen LogP contribution is 2.23. The second kappa shape index (κ2) is 4.36. The van der Waals surface area contributed by atoms with Crippen molar-refractivity contribution in [2.45, 2.75) is 5.16 Å². The van der Waals surface area contributed by atoms with Gasteiger partial charge in [0.2, 0.25) is 16.2 Å². The zero-order chi connectivity index (χ0) is 12.5. The number of nitrogens with zero attached hydrogens (tertiary/aromatic N) is 2. The number of hydrogen-bond donors (Lipinski definition) is 1. The number of aromatic nitrogens is 2. The Labute approximate surface area is 106 Å². The Balaban J connectivity index is 2.32. The first-order valence-electron chi connectivity index (χ1n) is 5.40. The Hall–Kier alpha value is -1.98. The molecular weight excluding hydrogens is 248 g/mol. The van der Waals surface area contributed by atoms with E-state index in [0.29, 0.717) is 0 Å². The van der Waals surface area contributed by atoms with Crippen molar-refractivity contribution in [1.82, 2.24) is 9.55 Å². The molecular formula is C13H10N2O2S. The number of fused-ring (bicyclic) bond motifs is 1. The molecule has 0 aliphatic rings. The largest absolute Gasteiger partial charge is 0.300 e. The first kappa shape index (κ1) is 11.1. The van der Waals surface area contributed by atoms with Crippen LogP contribution in [-0.2, 0) is 11.1 Å². The number of hydrogen-bond acceptors (Lipinski definition) is 2. The van der Waals surface area contributed by atoms with E-state index in [9.17, 15) is 8.76 Å². The van der Waals surface area contributed by atoms with E-state index in [0.717, 1.165) is 16.5 Å². The minimum atomic E-state index is -2.10. The third-order valence-electron chi connectivity index (χ3n) is 2.79. The van der Waals surface area contributed by atoms with Crippen LogP contribution in [0, 0.1) is 0 Å². The van der Waals surface area contributed by atoms with Crippen molar-refractivity contribution in [1.29, 1.82) is 0 Å². The maximum atomic E-state index is 11.2. The van der Waals surface area contributed by atoms with Gasteiger partial charge in [-0.15, -0.1) is 0 Å². The molecule has 1 N–H and O–H groups in total. The van der Waals surface area contributed by atoms with Crippen LogP contribution in [0.3, 0.4) is 0 Å². The second-order valence-corrected chi connectivity index (χ2v) is 4.69. The molecule has 3 aromatic rings. The Kier molecular flexibility index (Phi) is 2.70. The quantitative estimate of drug-likeness (QED) is 0.719. The lowest BCUT2D eigenvalue weighted by Gasteiger charge is -2.08. The minimum absolute atomic E-state index is 0.131. The van der Waals surface area contributed by atoms with E-state index in [-0.39, 0.29) is 5.16 Å². The molecule has 3 rings (SSSR count). The third kappa shape index (κ3) is 1.73. The highest BCUT2D eigenvalue weighted by molar-refractivity contribution is 7.79. The fourth-order valence-corrected chi connectivity index (χ4v) is 2.50. The first-order valence-corrected chi connectivity index (χ1v) is 6.50. The van der Waals surface area contributed by atoms with Crippen LogP contribution >= 0.6 is 0 Å². The van der Waals surface area contributed by atoms with Gasteiger partial charge in [-0.05, 0) is 11.5 Å². The standard InChI is InChI=1S/C13H10N2O2S/c16-18(17)13-14-8-9-15(13)12-7-3-5-10-4-1-2-6-11(10)12/h1-9H,(H,16,17). The van der Waals surface area contributed by atoms with E-state index >= 15 is 0 Å². The zero-order valence-corrected chi connectivity index (χ0v) is 10.2. The summed E-state index contributed by atoms with van der Waals surface area (Å²) in [6.45, 7) is 0. The molecule has 1 atom stereocenters. The van der Waals surface area contributed by atoms with Gasteiger partial charge >= 0.3 is 0 Å². The molecule has 0 radical (unpaired) electrons. The van der Waals surface area contributed by atoms with Gasteiger partial charge in [-0.1, -0.05) is 36.4 Å². The van der Waals surface area contributed by atoms with Gasteiger partial charge in [-0.2, -0.15) is 0 Å². The molecule has 0 aliphatic carbocycles. The van der Waals surface area contributed by atoms with Crippen LogP contribution in [-0.4, -0.2) is 18.3 Å². The predicted molar refractivity (Wildman–Crippen MR) is 70.1 cm³/mol. The molecule has 1 unspecified atom stereocenters.